The van der Waals surface area contributed by atoms with E-state index >= 15 is 0 Å². The molecule has 0 aromatic carbocycles. The van der Waals surface area contributed by atoms with Crippen molar-refractivity contribution in [2.24, 2.45) is 11.3 Å². The van der Waals surface area contributed by atoms with Gasteiger partial charge in [0.25, 0.3) is 0 Å². The SMILES string of the molecule is CCC(CC)(C(=O)O)[C@H](C)CCC(=O)O. The Morgan fingerprint density at radius 2 is 1.67 bits per heavy atom. The first-order chi connectivity index (χ1) is 6.90. The Balaban J connectivity index is 4.61. The zero-order chi connectivity index (χ0) is 12.1. The molecule has 0 aliphatic heterocycles. The normalized spacial score (nSPS) is 13.5. The first-order valence-electron chi connectivity index (χ1n) is 5.35. The summed E-state index contributed by atoms with van der Waals surface area (Å²) in [6.45, 7) is 5.51. The smallest absolute Gasteiger partial charge is 0.309 e. The molecule has 0 aliphatic rings. The summed E-state index contributed by atoms with van der Waals surface area (Å²) in [5.74, 6) is -1.79. The predicted molar refractivity (Wildman–Crippen MR) is 56.7 cm³/mol. The van der Waals surface area contributed by atoms with E-state index in [0.717, 1.165) is 0 Å². The number of carboxylic acid groups (broad SMARTS) is 2. The first kappa shape index (κ1) is 13.9. The number of aliphatic carboxylic acids is 2. The molecular formula is C11H20O4. The molecule has 0 saturated carbocycles. The molecule has 0 aromatic rings. The lowest BCUT2D eigenvalue weighted by molar-refractivity contribution is -0.154. The van der Waals surface area contributed by atoms with Crippen LogP contribution < -0.4 is 0 Å². The largest absolute Gasteiger partial charge is 0.481 e. The Hall–Kier alpha value is -1.06. The molecule has 0 radical (unpaired) electrons. The van der Waals surface area contributed by atoms with Gasteiger partial charge in [-0.15, -0.1) is 0 Å². The molecule has 2 N–H and O–H groups in total. The van der Waals surface area contributed by atoms with E-state index in [0.29, 0.717) is 19.3 Å². The summed E-state index contributed by atoms with van der Waals surface area (Å²) in [5.41, 5.74) is -0.768. The Labute approximate surface area is 90.3 Å². The lowest BCUT2D eigenvalue weighted by Crippen LogP contribution is -2.36. The van der Waals surface area contributed by atoms with Crippen LogP contribution in [0.1, 0.15) is 46.5 Å². The summed E-state index contributed by atoms with van der Waals surface area (Å²) in [6.07, 6.45) is 1.54. The van der Waals surface area contributed by atoms with Gasteiger partial charge in [0, 0.05) is 6.42 Å². The van der Waals surface area contributed by atoms with E-state index in [1.165, 1.54) is 0 Å². The minimum atomic E-state index is -0.867. The molecule has 0 unspecified atom stereocenters. The molecule has 0 amide bonds. The summed E-state index contributed by atoms with van der Waals surface area (Å²) in [5, 5.41) is 17.8. The lowest BCUT2D eigenvalue weighted by Gasteiger charge is -2.33. The van der Waals surface area contributed by atoms with E-state index in [1.54, 1.807) is 0 Å². The standard InChI is InChI=1S/C11H20O4/c1-4-11(5-2,10(14)15)8(3)6-7-9(12)13/h8H,4-7H2,1-3H3,(H,12,13)(H,14,15)/t8-/m1/s1. The Morgan fingerprint density at radius 1 is 1.20 bits per heavy atom. The third kappa shape index (κ3) is 3.22. The topological polar surface area (TPSA) is 74.6 Å². The fourth-order valence-electron chi connectivity index (χ4n) is 2.08. The van der Waals surface area contributed by atoms with Crippen LogP contribution in [0.4, 0.5) is 0 Å². The number of rotatable bonds is 7. The van der Waals surface area contributed by atoms with Gasteiger partial charge in [-0.2, -0.15) is 0 Å². The van der Waals surface area contributed by atoms with Crippen LogP contribution in [0.25, 0.3) is 0 Å². The van der Waals surface area contributed by atoms with Crippen LogP contribution >= 0.6 is 0 Å². The second-order valence-corrected chi connectivity index (χ2v) is 4.00. The van der Waals surface area contributed by atoms with Crippen LogP contribution in [0.5, 0.6) is 0 Å². The molecule has 0 saturated heterocycles. The molecule has 0 bridgehead atoms. The van der Waals surface area contributed by atoms with Crippen LogP contribution in [-0.2, 0) is 9.59 Å². The van der Waals surface area contributed by atoms with Crippen LogP contribution in [0.2, 0.25) is 0 Å². The number of carbonyl (C=O) groups is 2. The van der Waals surface area contributed by atoms with Crippen LogP contribution in [0.3, 0.4) is 0 Å². The lowest BCUT2D eigenvalue weighted by atomic mass is 9.70. The average Bonchev–Trinajstić information content (AvgIpc) is 2.17. The van der Waals surface area contributed by atoms with Crippen molar-refractivity contribution < 1.29 is 19.8 Å². The van der Waals surface area contributed by atoms with Crippen molar-refractivity contribution in [1.29, 1.82) is 0 Å². The van der Waals surface area contributed by atoms with Crippen LogP contribution in [0, 0.1) is 11.3 Å². The van der Waals surface area contributed by atoms with Gasteiger partial charge in [-0.3, -0.25) is 9.59 Å². The minimum absolute atomic E-state index is 0.0379. The van der Waals surface area contributed by atoms with E-state index in [-0.39, 0.29) is 12.3 Å². The van der Waals surface area contributed by atoms with Gasteiger partial charge in [-0.05, 0) is 25.2 Å². The molecule has 0 aliphatic carbocycles. The van der Waals surface area contributed by atoms with Crippen molar-refractivity contribution in [3.63, 3.8) is 0 Å². The van der Waals surface area contributed by atoms with Gasteiger partial charge < -0.3 is 10.2 Å². The summed E-state index contributed by atoms with van der Waals surface area (Å²) in [7, 11) is 0. The molecule has 0 aromatic heterocycles. The third-order valence-corrected chi connectivity index (χ3v) is 3.42. The zero-order valence-corrected chi connectivity index (χ0v) is 9.62. The monoisotopic (exact) mass is 216 g/mol. The van der Waals surface area contributed by atoms with Gasteiger partial charge >= 0.3 is 11.9 Å². The molecule has 4 nitrogen and oxygen atoms in total. The summed E-state index contributed by atoms with van der Waals surface area (Å²) in [6, 6.07) is 0. The van der Waals surface area contributed by atoms with E-state index in [4.69, 9.17) is 5.11 Å². The molecular weight excluding hydrogens is 196 g/mol. The van der Waals surface area contributed by atoms with Crippen molar-refractivity contribution in [3.8, 4) is 0 Å². The Kier molecular flexibility index (Phi) is 5.33. The molecule has 15 heavy (non-hydrogen) atoms. The maximum absolute atomic E-state index is 11.2. The maximum Gasteiger partial charge on any atom is 0.309 e. The van der Waals surface area contributed by atoms with Gasteiger partial charge in [0.15, 0.2) is 0 Å². The highest BCUT2D eigenvalue weighted by Crippen LogP contribution is 2.38. The van der Waals surface area contributed by atoms with Crippen molar-refractivity contribution in [3.05, 3.63) is 0 Å². The maximum atomic E-state index is 11.2. The number of carboxylic acids is 2. The quantitative estimate of drug-likeness (QED) is 0.685. The van der Waals surface area contributed by atoms with Crippen molar-refractivity contribution in [2.45, 2.75) is 46.5 Å². The average molecular weight is 216 g/mol. The van der Waals surface area contributed by atoms with E-state index in [9.17, 15) is 14.7 Å². The minimum Gasteiger partial charge on any atom is -0.481 e. The van der Waals surface area contributed by atoms with Crippen molar-refractivity contribution >= 4 is 11.9 Å². The zero-order valence-electron chi connectivity index (χ0n) is 9.62. The number of hydrogen-bond donors (Lipinski definition) is 2. The predicted octanol–water partition coefficient (Wildman–Crippen LogP) is 2.38. The highest BCUT2D eigenvalue weighted by molar-refractivity contribution is 5.75. The van der Waals surface area contributed by atoms with Gasteiger partial charge in [0.1, 0.15) is 0 Å². The highest BCUT2D eigenvalue weighted by Gasteiger charge is 2.40. The number of hydrogen-bond acceptors (Lipinski definition) is 2. The van der Waals surface area contributed by atoms with Crippen LogP contribution in [-0.4, -0.2) is 22.2 Å². The Bertz CT molecular complexity index is 231. The second kappa shape index (κ2) is 5.73. The summed E-state index contributed by atoms with van der Waals surface area (Å²) >= 11 is 0. The molecule has 0 heterocycles. The van der Waals surface area contributed by atoms with E-state index < -0.39 is 17.4 Å². The molecule has 4 heteroatoms. The highest BCUT2D eigenvalue weighted by atomic mass is 16.4. The fraction of sp³-hybridized carbons (Fsp3) is 0.818. The van der Waals surface area contributed by atoms with Gasteiger partial charge in [-0.25, -0.2) is 0 Å². The third-order valence-electron chi connectivity index (χ3n) is 3.42. The van der Waals surface area contributed by atoms with Crippen molar-refractivity contribution in [1.82, 2.24) is 0 Å². The van der Waals surface area contributed by atoms with Crippen LogP contribution in [0.15, 0.2) is 0 Å². The summed E-state index contributed by atoms with van der Waals surface area (Å²) in [4.78, 5) is 21.7. The van der Waals surface area contributed by atoms with Gasteiger partial charge in [0.05, 0.1) is 5.41 Å². The fourth-order valence-corrected chi connectivity index (χ4v) is 2.08. The molecule has 1 atom stereocenters. The second-order valence-electron chi connectivity index (χ2n) is 4.00. The van der Waals surface area contributed by atoms with Crippen molar-refractivity contribution in [2.75, 3.05) is 0 Å². The Morgan fingerprint density at radius 3 is 1.93 bits per heavy atom. The van der Waals surface area contributed by atoms with E-state index in [2.05, 4.69) is 0 Å². The molecule has 0 fully saturated rings. The first-order valence-corrected chi connectivity index (χ1v) is 5.35. The molecule has 88 valence electrons. The molecule has 0 rings (SSSR count). The molecule has 0 spiro atoms. The summed E-state index contributed by atoms with van der Waals surface area (Å²) < 4.78 is 0. The van der Waals surface area contributed by atoms with Gasteiger partial charge in [-0.1, -0.05) is 20.8 Å². The van der Waals surface area contributed by atoms with Gasteiger partial charge in [0.2, 0.25) is 0 Å². The van der Waals surface area contributed by atoms with E-state index in [1.807, 2.05) is 20.8 Å².